The SMILES string of the molecule is CCCC(=CC=Cc1ccccc1N(C)C)C(=O)O. The lowest BCUT2D eigenvalue weighted by molar-refractivity contribution is -0.132. The molecule has 3 heteroatoms. The first kappa shape index (κ1) is 15.0. The lowest BCUT2D eigenvalue weighted by Crippen LogP contribution is -2.09. The highest BCUT2D eigenvalue weighted by Gasteiger charge is 2.04. The fourth-order valence-electron chi connectivity index (χ4n) is 1.83. The van der Waals surface area contributed by atoms with Crippen LogP contribution in [0.5, 0.6) is 0 Å². The normalized spacial score (nSPS) is 11.8. The molecule has 1 rings (SSSR count). The maximum atomic E-state index is 11.0. The van der Waals surface area contributed by atoms with E-state index in [1.807, 2.05) is 56.3 Å². The van der Waals surface area contributed by atoms with Gasteiger partial charge in [0.05, 0.1) is 0 Å². The van der Waals surface area contributed by atoms with E-state index < -0.39 is 5.97 Å². The lowest BCUT2D eigenvalue weighted by atomic mass is 10.1. The van der Waals surface area contributed by atoms with Crippen LogP contribution in [0.1, 0.15) is 25.3 Å². The minimum atomic E-state index is -0.840. The molecule has 0 fully saturated rings. The highest BCUT2D eigenvalue weighted by atomic mass is 16.4. The predicted molar refractivity (Wildman–Crippen MR) is 80.4 cm³/mol. The van der Waals surface area contributed by atoms with Gasteiger partial charge in [0.1, 0.15) is 0 Å². The van der Waals surface area contributed by atoms with Crippen molar-refractivity contribution in [1.82, 2.24) is 0 Å². The first-order chi connectivity index (χ1) is 9.06. The zero-order valence-electron chi connectivity index (χ0n) is 11.8. The number of carboxylic acid groups (broad SMARTS) is 1. The van der Waals surface area contributed by atoms with Crippen LogP contribution >= 0.6 is 0 Å². The van der Waals surface area contributed by atoms with Crippen molar-refractivity contribution in [3.63, 3.8) is 0 Å². The molecule has 0 unspecified atom stereocenters. The van der Waals surface area contributed by atoms with Crippen LogP contribution < -0.4 is 4.90 Å². The van der Waals surface area contributed by atoms with Gasteiger partial charge in [0, 0.05) is 25.4 Å². The first-order valence-corrected chi connectivity index (χ1v) is 6.43. The maximum absolute atomic E-state index is 11.0. The average Bonchev–Trinajstić information content (AvgIpc) is 2.38. The van der Waals surface area contributed by atoms with Crippen molar-refractivity contribution < 1.29 is 9.90 Å². The van der Waals surface area contributed by atoms with E-state index in [0.29, 0.717) is 12.0 Å². The summed E-state index contributed by atoms with van der Waals surface area (Å²) in [6, 6.07) is 8.01. The van der Waals surface area contributed by atoms with Gasteiger partial charge in [-0.1, -0.05) is 49.8 Å². The molecule has 0 aromatic heterocycles. The van der Waals surface area contributed by atoms with E-state index in [1.54, 1.807) is 12.2 Å². The van der Waals surface area contributed by atoms with Crippen LogP contribution in [0.25, 0.3) is 6.08 Å². The zero-order valence-corrected chi connectivity index (χ0v) is 11.8. The second kappa shape index (κ2) is 7.41. The third-order valence-corrected chi connectivity index (χ3v) is 2.79. The minimum absolute atomic E-state index is 0.445. The Balaban J connectivity index is 2.92. The fourth-order valence-corrected chi connectivity index (χ4v) is 1.83. The molecule has 102 valence electrons. The number of carbonyl (C=O) groups is 1. The summed E-state index contributed by atoms with van der Waals surface area (Å²) in [4.78, 5) is 13.0. The Labute approximate surface area is 114 Å². The van der Waals surface area contributed by atoms with Gasteiger partial charge >= 0.3 is 5.97 Å². The molecule has 0 aliphatic carbocycles. The number of allylic oxidation sites excluding steroid dienone is 2. The Kier molecular flexibility index (Phi) is 5.86. The van der Waals surface area contributed by atoms with E-state index in [2.05, 4.69) is 0 Å². The molecule has 1 N–H and O–H groups in total. The molecule has 1 aromatic carbocycles. The molecule has 0 aliphatic heterocycles. The predicted octanol–water partition coefficient (Wildman–Crippen LogP) is 3.58. The average molecular weight is 259 g/mol. The Bertz CT molecular complexity index is 487. The lowest BCUT2D eigenvalue weighted by Gasteiger charge is -2.15. The van der Waals surface area contributed by atoms with Crippen molar-refractivity contribution in [2.24, 2.45) is 0 Å². The molecule has 0 saturated heterocycles. The fraction of sp³-hybridized carbons (Fsp3) is 0.312. The van der Waals surface area contributed by atoms with Gasteiger partial charge in [-0.3, -0.25) is 0 Å². The van der Waals surface area contributed by atoms with Gasteiger partial charge in [0.2, 0.25) is 0 Å². The van der Waals surface area contributed by atoms with Crippen molar-refractivity contribution in [3.8, 4) is 0 Å². The van der Waals surface area contributed by atoms with E-state index in [-0.39, 0.29) is 0 Å². The van der Waals surface area contributed by atoms with E-state index in [0.717, 1.165) is 17.7 Å². The van der Waals surface area contributed by atoms with E-state index in [1.165, 1.54) is 0 Å². The van der Waals surface area contributed by atoms with Crippen LogP contribution in [-0.2, 0) is 4.79 Å². The molecular weight excluding hydrogens is 238 g/mol. The Morgan fingerprint density at radius 1 is 1.32 bits per heavy atom. The summed E-state index contributed by atoms with van der Waals surface area (Å²) < 4.78 is 0. The molecule has 0 radical (unpaired) electrons. The summed E-state index contributed by atoms with van der Waals surface area (Å²) in [5.41, 5.74) is 2.63. The van der Waals surface area contributed by atoms with Crippen molar-refractivity contribution in [2.75, 3.05) is 19.0 Å². The molecule has 0 amide bonds. The third kappa shape index (κ3) is 4.62. The van der Waals surface area contributed by atoms with Gasteiger partial charge in [0.25, 0.3) is 0 Å². The summed E-state index contributed by atoms with van der Waals surface area (Å²) in [5, 5.41) is 9.03. The number of para-hydroxylation sites is 1. The Morgan fingerprint density at radius 2 is 2.00 bits per heavy atom. The number of nitrogens with zero attached hydrogens (tertiary/aromatic N) is 1. The summed E-state index contributed by atoms with van der Waals surface area (Å²) in [6.45, 7) is 1.97. The molecular formula is C16H21NO2. The monoisotopic (exact) mass is 259 g/mol. The van der Waals surface area contributed by atoms with E-state index in [9.17, 15) is 4.79 Å². The van der Waals surface area contributed by atoms with E-state index >= 15 is 0 Å². The second-order valence-electron chi connectivity index (χ2n) is 4.56. The molecule has 0 saturated carbocycles. The largest absolute Gasteiger partial charge is 0.478 e. The number of carboxylic acids is 1. The van der Waals surface area contributed by atoms with Gasteiger partial charge in [0.15, 0.2) is 0 Å². The third-order valence-electron chi connectivity index (χ3n) is 2.79. The highest BCUT2D eigenvalue weighted by molar-refractivity contribution is 5.87. The Morgan fingerprint density at radius 3 is 2.58 bits per heavy atom. The quantitative estimate of drug-likeness (QED) is 0.627. The summed E-state index contributed by atoms with van der Waals surface area (Å²) in [5.74, 6) is -0.840. The van der Waals surface area contributed by atoms with Crippen LogP contribution in [0.4, 0.5) is 5.69 Å². The number of aliphatic carboxylic acids is 1. The number of benzene rings is 1. The zero-order chi connectivity index (χ0) is 14.3. The Hall–Kier alpha value is -2.03. The van der Waals surface area contributed by atoms with E-state index in [4.69, 9.17) is 5.11 Å². The van der Waals surface area contributed by atoms with Crippen LogP contribution in [0.2, 0.25) is 0 Å². The van der Waals surface area contributed by atoms with Crippen LogP contribution in [-0.4, -0.2) is 25.2 Å². The highest BCUT2D eigenvalue weighted by Crippen LogP contribution is 2.19. The van der Waals surface area contributed by atoms with Crippen LogP contribution in [0.15, 0.2) is 42.0 Å². The maximum Gasteiger partial charge on any atom is 0.331 e. The number of anilines is 1. The van der Waals surface area contributed by atoms with Crippen molar-refractivity contribution in [2.45, 2.75) is 19.8 Å². The van der Waals surface area contributed by atoms with Gasteiger partial charge in [-0.25, -0.2) is 4.79 Å². The number of rotatable bonds is 6. The van der Waals surface area contributed by atoms with Gasteiger partial charge in [-0.15, -0.1) is 0 Å². The van der Waals surface area contributed by atoms with Crippen molar-refractivity contribution in [1.29, 1.82) is 0 Å². The van der Waals surface area contributed by atoms with Gasteiger partial charge < -0.3 is 10.0 Å². The molecule has 0 aliphatic rings. The van der Waals surface area contributed by atoms with Crippen molar-refractivity contribution >= 4 is 17.7 Å². The minimum Gasteiger partial charge on any atom is -0.478 e. The molecule has 0 heterocycles. The summed E-state index contributed by atoms with van der Waals surface area (Å²) >= 11 is 0. The molecule has 0 atom stereocenters. The second-order valence-corrected chi connectivity index (χ2v) is 4.56. The van der Waals surface area contributed by atoms with Crippen LogP contribution in [0, 0.1) is 0 Å². The molecule has 1 aromatic rings. The molecule has 19 heavy (non-hydrogen) atoms. The molecule has 0 bridgehead atoms. The van der Waals surface area contributed by atoms with Gasteiger partial charge in [-0.2, -0.15) is 0 Å². The number of hydrogen-bond donors (Lipinski definition) is 1. The standard InChI is InChI=1S/C16H21NO2/c1-4-8-14(16(18)19)11-7-10-13-9-5-6-12-15(13)17(2)3/h5-7,9-12H,4,8H2,1-3H3,(H,18,19). The topological polar surface area (TPSA) is 40.5 Å². The summed E-state index contributed by atoms with van der Waals surface area (Å²) in [7, 11) is 3.98. The first-order valence-electron chi connectivity index (χ1n) is 6.43. The van der Waals surface area contributed by atoms with Crippen molar-refractivity contribution in [3.05, 3.63) is 47.6 Å². The number of hydrogen-bond acceptors (Lipinski definition) is 2. The molecule has 3 nitrogen and oxygen atoms in total. The van der Waals surface area contributed by atoms with Crippen LogP contribution in [0.3, 0.4) is 0 Å². The summed E-state index contributed by atoms with van der Waals surface area (Å²) in [6.07, 6.45) is 6.85. The molecule has 0 spiro atoms. The smallest absolute Gasteiger partial charge is 0.331 e. The van der Waals surface area contributed by atoms with Gasteiger partial charge in [-0.05, 0) is 18.1 Å².